The van der Waals surface area contributed by atoms with Crippen molar-refractivity contribution in [3.63, 3.8) is 0 Å². The van der Waals surface area contributed by atoms with E-state index in [-0.39, 0.29) is 11.2 Å². The third-order valence-electron chi connectivity index (χ3n) is 4.63. The van der Waals surface area contributed by atoms with Crippen molar-refractivity contribution in [1.29, 1.82) is 0 Å². The molecule has 1 aliphatic heterocycles. The normalized spacial score (nSPS) is 18.1. The monoisotopic (exact) mass is 438 g/mol. The second-order valence-electron chi connectivity index (χ2n) is 6.81. The molecule has 1 aromatic carbocycles. The molecule has 1 fully saturated rings. The summed E-state index contributed by atoms with van der Waals surface area (Å²) in [6, 6.07) is 13.2. The summed E-state index contributed by atoms with van der Waals surface area (Å²) in [6.45, 7) is 2.27. The molecule has 0 saturated carbocycles. The molecule has 0 spiro atoms. The third kappa shape index (κ3) is 4.80. The van der Waals surface area contributed by atoms with Gasteiger partial charge in [-0.1, -0.05) is 35.5 Å². The zero-order valence-corrected chi connectivity index (χ0v) is 17.8. The standard InChI is InChI=1S/C22H19ClN4O2S/c1-15-4-5-17(11-19(15)23)12-20-21(28)27(14-18-3-2-10-29-18)22(30-20)26-25-13-16-6-8-24-9-7-16/h2-11,13,20H,12,14H2,1H3. The Morgan fingerprint density at radius 2 is 2.10 bits per heavy atom. The number of halogens is 1. The summed E-state index contributed by atoms with van der Waals surface area (Å²) in [7, 11) is 0. The number of aromatic nitrogens is 1. The molecule has 2 aromatic heterocycles. The quantitative estimate of drug-likeness (QED) is 0.412. The second kappa shape index (κ2) is 9.28. The number of furan rings is 1. The summed E-state index contributed by atoms with van der Waals surface area (Å²) in [5.74, 6) is 0.666. The van der Waals surface area contributed by atoms with E-state index < -0.39 is 0 Å². The highest BCUT2D eigenvalue weighted by atomic mass is 35.5. The lowest BCUT2D eigenvalue weighted by Crippen LogP contribution is -2.32. The minimum Gasteiger partial charge on any atom is -0.467 e. The lowest BCUT2D eigenvalue weighted by molar-refractivity contribution is -0.126. The predicted molar refractivity (Wildman–Crippen MR) is 120 cm³/mol. The van der Waals surface area contributed by atoms with Gasteiger partial charge in [0.05, 0.1) is 24.3 Å². The lowest BCUT2D eigenvalue weighted by Gasteiger charge is -2.14. The number of nitrogens with zero attached hydrogens (tertiary/aromatic N) is 4. The summed E-state index contributed by atoms with van der Waals surface area (Å²) in [5, 5.41) is 9.44. The number of carbonyl (C=O) groups excluding carboxylic acids is 1. The fourth-order valence-corrected chi connectivity index (χ4v) is 4.33. The van der Waals surface area contributed by atoms with Crippen LogP contribution in [0.3, 0.4) is 0 Å². The molecule has 1 atom stereocenters. The number of pyridine rings is 1. The molecular formula is C22H19ClN4O2S. The van der Waals surface area contributed by atoms with Crippen molar-refractivity contribution in [2.24, 2.45) is 10.2 Å². The van der Waals surface area contributed by atoms with E-state index in [0.717, 1.165) is 16.7 Å². The van der Waals surface area contributed by atoms with Crippen LogP contribution < -0.4 is 0 Å². The van der Waals surface area contributed by atoms with Gasteiger partial charge in [0.1, 0.15) is 5.76 Å². The molecule has 8 heteroatoms. The number of aryl methyl sites for hydroxylation is 1. The lowest BCUT2D eigenvalue weighted by atomic mass is 10.1. The highest BCUT2D eigenvalue weighted by molar-refractivity contribution is 8.15. The molecule has 0 N–H and O–H groups in total. The average molecular weight is 439 g/mol. The van der Waals surface area contributed by atoms with Gasteiger partial charge in [0.15, 0.2) is 5.17 Å². The minimum atomic E-state index is -0.298. The average Bonchev–Trinajstić information content (AvgIpc) is 3.36. The molecule has 0 bridgehead atoms. The Balaban J connectivity index is 1.56. The van der Waals surface area contributed by atoms with Crippen LogP contribution in [-0.2, 0) is 17.8 Å². The van der Waals surface area contributed by atoms with E-state index in [1.54, 1.807) is 35.8 Å². The molecule has 6 nitrogen and oxygen atoms in total. The van der Waals surface area contributed by atoms with Crippen LogP contribution in [0.5, 0.6) is 0 Å². The van der Waals surface area contributed by atoms with E-state index in [0.29, 0.717) is 28.9 Å². The summed E-state index contributed by atoms with van der Waals surface area (Å²) in [5.41, 5.74) is 2.90. The van der Waals surface area contributed by atoms with Crippen LogP contribution in [0.15, 0.2) is 75.7 Å². The van der Waals surface area contributed by atoms with E-state index in [4.69, 9.17) is 16.0 Å². The fourth-order valence-electron chi connectivity index (χ4n) is 2.99. The topological polar surface area (TPSA) is 71.1 Å². The fraction of sp³-hybridized carbons (Fsp3) is 0.182. The number of hydrogen-bond acceptors (Lipinski definition) is 6. The highest BCUT2D eigenvalue weighted by Crippen LogP contribution is 2.32. The van der Waals surface area contributed by atoms with Gasteiger partial charge in [-0.25, -0.2) is 0 Å². The number of amidine groups is 1. The van der Waals surface area contributed by atoms with Crippen molar-refractivity contribution in [3.8, 4) is 0 Å². The summed E-state index contributed by atoms with van der Waals surface area (Å²) >= 11 is 7.66. The van der Waals surface area contributed by atoms with Gasteiger partial charge in [-0.3, -0.25) is 14.7 Å². The van der Waals surface area contributed by atoms with Crippen LogP contribution >= 0.6 is 23.4 Å². The Kier molecular flexibility index (Phi) is 6.30. The number of amides is 1. The minimum absolute atomic E-state index is 0.0223. The molecule has 3 heterocycles. The molecule has 1 unspecified atom stereocenters. The maximum atomic E-state index is 13.1. The number of hydrogen-bond donors (Lipinski definition) is 0. The largest absolute Gasteiger partial charge is 0.467 e. The molecule has 0 radical (unpaired) electrons. The molecule has 4 rings (SSSR count). The van der Waals surface area contributed by atoms with Gasteiger partial charge in [-0.15, -0.1) is 5.10 Å². The number of benzene rings is 1. The summed E-state index contributed by atoms with van der Waals surface area (Å²) in [4.78, 5) is 18.7. The number of thioether (sulfide) groups is 1. The first-order chi connectivity index (χ1) is 14.6. The predicted octanol–water partition coefficient (Wildman–Crippen LogP) is 4.71. The third-order valence-corrected chi connectivity index (χ3v) is 6.20. The van der Waals surface area contributed by atoms with Crippen LogP contribution in [0.25, 0.3) is 0 Å². The zero-order chi connectivity index (χ0) is 20.9. The first-order valence-corrected chi connectivity index (χ1v) is 10.6. The van der Waals surface area contributed by atoms with Crippen LogP contribution in [0.1, 0.15) is 22.5 Å². The Morgan fingerprint density at radius 3 is 2.83 bits per heavy atom. The smallest absolute Gasteiger partial charge is 0.242 e. The van der Waals surface area contributed by atoms with Crippen molar-refractivity contribution >= 4 is 40.7 Å². The molecule has 1 saturated heterocycles. The van der Waals surface area contributed by atoms with Gasteiger partial charge in [-0.2, -0.15) is 5.10 Å². The molecule has 1 aliphatic rings. The van der Waals surface area contributed by atoms with Gasteiger partial charge in [-0.05, 0) is 60.4 Å². The molecular weight excluding hydrogens is 420 g/mol. The molecule has 3 aromatic rings. The van der Waals surface area contributed by atoms with E-state index in [9.17, 15) is 4.79 Å². The van der Waals surface area contributed by atoms with Crippen LogP contribution in [0, 0.1) is 6.92 Å². The van der Waals surface area contributed by atoms with Gasteiger partial charge >= 0.3 is 0 Å². The molecule has 0 aliphatic carbocycles. The Labute approximate surface area is 183 Å². The maximum Gasteiger partial charge on any atom is 0.242 e. The van der Waals surface area contributed by atoms with Crippen molar-refractivity contribution in [2.75, 3.05) is 0 Å². The van der Waals surface area contributed by atoms with E-state index in [1.165, 1.54) is 11.8 Å². The highest BCUT2D eigenvalue weighted by Gasteiger charge is 2.38. The van der Waals surface area contributed by atoms with Gasteiger partial charge in [0.2, 0.25) is 5.91 Å². The molecule has 152 valence electrons. The second-order valence-corrected chi connectivity index (χ2v) is 8.38. The van der Waals surface area contributed by atoms with Crippen molar-refractivity contribution in [3.05, 3.63) is 88.6 Å². The van der Waals surface area contributed by atoms with Crippen LogP contribution in [0.4, 0.5) is 0 Å². The van der Waals surface area contributed by atoms with Gasteiger partial charge in [0.25, 0.3) is 0 Å². The van der Waals surface area contributed by atoms with Crippen molar-refractivity contribution in [2.45, 2.75) is 25.1 Å². The summed E-state index contributed by atoms with van der Waals surface area (Å²) in [6.07, 6.45) is 7.17. The van der Waals surface area contributed by atoms with Crippen molar-refractivity contribution < 1.29 is 9.21 Å². The summed E-state index contributed by atoms with van der Waals surface area (Å²) < 4.78 is 5.43. The van der Waals surface area contributed by atoms with Crippen LogP contribution in [0.2, 0.25) is 5.02 Å². The molecule has 1 amide bonds. The Bertz CT molecular complexity index is 1080. The Hall–Kier alpha value is -2.90. The van der Waals surface area contributed by atoms with Gasteiger partial charge in [0, 0.05) is 17.4 Å². The maximum absolute atomic E-state index is 13.1. The Morgan fingerprint density at radius 1 is 1.27 bits per heavy atom. The molecule has 30 heavy (non-hydrogen) atoms. The zero-order valence-electron chi connectivity index (χ0n) is 16.2. The first-order valence-electron chi connectivity index (χ1n) is 9.36. The number of carbonyl (C=O) groups is 1. The first kappa shape index (κ1) is 20.4. The van der Waals surface area contributed by atoms with Gasteiger partial charge < -0.3 is 4.42 Å². The van der Waals surface area contributed by atoms with E-state index in [1.807, 2.05) is 43.3 Å². The van der Waals surface area contributed by atoms with Crippen LogP contribution in [-0.4, -0.2) is 32.4 Å². The van der Waals surface area contributed by atoms with E-state index >= 15 is 0 Å². The van der Waals surface area contributed by atoms with Crippen molar-refractivity contribution in [1.82, 2.24) is 9.88 Å². The number of rotatable bonds is 6. The van der Waals surface area contributed by atoms with E-state index in [2.05, 4.69) is 15.2 Å². The SMILES string of the molecule is Cc1ccc(CC2SC(=NN=Cc3ccncc3)N(Cc3ccco3)C2=O)cc1Cl.